The minimum atomic E-state index is -4.79. The summed E-state index contributed by atoms with van der Waals surface area (Å²) in [5, 5.41) is 28.3. The van der Waals surface area contributed by atoms with Crippen LogP contribution in [0.5, 0.6) is 34.5 Å². The zero-order valence-corrected chi connectivity index (χ0v) is 50.7. The largest absolute Gasteiger partial charge is 0.505 e. The van der Waals surface area contributed by atoms with Gasteiger partial charge in [-0.2, -0.15) is 27.3 Å². The highest BCUT2D eigenvalue weighted by molar-refractivity contribution is 7.82. The number of aromatic nitrogens is 6. The van der Waals surface area contributed by atoms with Crippen LogP contribution in [0.4, 0.5) is 35.9 Å². The van der Waals surface area contributed by atoms with Gasteiger partial charge in [-0.1, -0.05) is 95.5 Å². The molecular formula is C64H49Cl2F3N12O8S. The van der Waals surface area contributed by atoms with Crippen molar-refractivity contribution in [2.75, 3.05) is 44.0 Å². The number of benzene rings is 7. The number of carbonyl (C=O) groups excluding carboxylic acids is 1. The molecule has 26 heteroatoms. The average molecular weight is 1270 g/mol. The van der Waals surface area contributed by atoms with Crippen LogP contribution in [-0.2, 0) is 16.1 Å². The number of ether oxygens (including phenoxy) is 4. The lowest BCUT2D eigenvalue weighted by Gasteiger charge is -2.14. The first-order chi connectivity index (χ1) is 43.2. The van der Waals surface area contributed by atoms with Crippen molar-refractivity contribution in [3.8, 4) is 63.3 Å². The van der Waals surface area contributed by atoms with Gasteiger partial charge in [-0.15, -0.1) is 10.2 Å². The van der Waals surface area contributed by atoms with Crippen LogP contribution in [0, 0.1) is 38.7 Å². The highest BCUT2D eigenvalue weighted by Crippen LogP contribution is 2.42. The molecule has 90 heavy (non-hydrogen) atoms. The summed E-state index contributed by atoms with van der Waals surface area (Å²) in [6.07, 6.45) is -4.79. The number of hydrogen-bond donors (Lipinski definition) is 2. The van der Waals surface area contributed by atoms with E-state index < -0.39 is 40.4 Å². The van der Waals surface area contributed by atoms with Crippen LogP contribution in [0.3, 0.4) is 0 Å². The molecule has 0 saturated heterocycles. The van der Waals surface area contributed by atoms with E-state index in [-0.39, 0.29) is 92.3 Å². The predicted octanol–water partition coefficient (Wildman–Crippen LogP) is 13.7. The first-order valence-corrected chi connectivity index (χ1v) is 28.8. The van der Waals surface area contributed by atoms with Crippen molar-refractivity contribution >= 4 is 86.0 Å². The third kappa shape index (κ3) is 13.8. The molecule has 2 aromatic heterocycles. The van der Waals surface area contributed by atoms with E-state index >= 15 is 0 Å². The lowest BCUT2D eigenvalue weighted by Crippen LogP contribution is -2.23. The molecule has 0 aliphatic carbocycles. The van der Waals surface area contributed by atoms with Gasteiger partial charge in [0, 0.05) is 37.0 Å². The van der Waals surface area contributed by atoms with E-state index in [4.69, 9.17) is 52.9 Å². The van der Waals surface area contributed by atoms with Gasteiger partial charge in [-0.05, 0) is 111 Å². The Morgan fingerprint density at radius 2 is 1.40 bits per heavy atom. The molecule has 7 aromatic carbocycles. The number of phenols is 1. The summed E-state index contributed by atoms with van der Waals surface area (Å²) < 4.78 is 88.3. The van der Waals surface area contributed by atoms with Gasteiger partial charge in [0.25, 0.3) is 0 Å². The molecule has 454 valence electrons. The van der Waals surface area contributed by atoms with Gasteiger partial charge in [0.1, 0.15) is 53.3 Å². The number of nitrogens with one attached hydrogen (secondary N) is 1. The Kier molecular flexibility index (Phi) is 18.5. The smallest absolute Gasteiger partial charge is 0.421 e. The number of nitrogens with zero attached hydrogens (tertiary/aromatic N) is 11. The van der Waals surface area contributed by atoms with Crippen LogP contribution in [0.1, 0.15) is 28.3 Å². The van der Waals surface area contributed by atoms with Gasteiger partial charge in [-0.25, -0.2) is 34.3 Å². The van der Waals surface area contributed by atoms with Gasteiger partial charge in [0.2, 0.25) is 5.70 Å². The molecule has 1 atom stereocenters. The molecule has 1 unspecified atom stereocenters. The fraction of sp³-hybridized carbons (Fsp3) is 0.141. The molecule has 0 amide bonds. The number of anilines is 2. The minimum Gasteiger partial charge on any atom is -0.505 e. The molecule has 0 saturated carbocycles. The highest BCUT2D eigenvalue weighted by atomic mass is 35.5. The van der Waals surface area contributed by atoms with Crippen LogP contribution >= 0.6 is 23.2 Å². The molecule has 2 aliphatic heterocycles. The first-order valence-electron chi connectivity index (χ1n) is 26.9. The van der Waals surface area contributed by atoms with Crippen molar-refractivity contribution in [2.24, 2.45) is 9.98 Å². The van der Waals surface area contributed by atoms with Crippen LogP contribution in [0.25, 0.3) is 38.8 Å². The number of methoxy groups -OCH3 is 1. The second-order valence-corrected chi connectivity index (χ2v) is 21.6. The fourth-order valence-electron chi connectivity index (χ4n) is 8.96. The van der Waals surface area contributed by atoms with E-state index in [0.717, 1.165) is 21.5 Å². The maximum atomic E-state index is 14.0. The van der Waals surface area contributed by atoms with Crippen molar-refractivity contribution < 1.29 is 50.4 Å². The summed E-state index contributed by atoms with van der Waals surface area (Å²) in [7, 11) is 5.33. The standard InChI is InChI=1S/C42H32Cl2N6O8S.C22H17F3N6/c1-24-8-11-26(12-9-24)39-47-40-36(37(45-3)41(50(40)48-39)46-28-22-32(43)38(51)33(44)23-28)42(52)57-31-7-5-6-27(21-31)49-59(53)58-35-20-25(2)10-17-34(35)56-19-18-55-30-15-13-29(54-4)14-16-30;1-13-11-15(30(2)3)9-10-17(13)27-21-18(22(23,24)25)16(12-26)20-28-19(29-31(20)21)14-7-5-4-6-8-14/h5-17,20-23,49,51H,18-19H2,1-2,4H3;4-11H,1-3H3. The summed E-state index contributed by atoms with van der Waals surface area (Å²) in [4.78, 5) is 37.1. The van der Waals surface area contributed by atoms with Crippen LogP contribution in [0.15, 0.2) is 173 Å². The summed E-state index contributed by atoms with van der Waals surface area (Å²) in [6, 6.07) is 44.4. The second-order valence-electron chi connectivity index (χ2n) is 19.9. The van der Waals surface area contributed by atoms with Crippen molar-refractivity contribution in [3.63, 3.8) is 0 Å². The Morgan fingerprint density at radius 3 is 2.04 bits per heavy atom. The summed E-state index contributed by atoms with van der Waals surface area (Å²) in [6.45, 7) is 14.0. The van der Waals surface area contributed by atoms with E-state index in [1.54, 1.807) is 105 Å². The Balaban J connectivity index is 0.000000241. The number of hydrogen-bond acceptors (Lipinski definition) is 16. The molecule has 0 radical (unpaired) electrons. The zero-order valence-electron chi connectivity index (χ0n) is 48.4. The van der Waals surface area contributed by atoms with Gasteiger partial charge in [0.15, 0.2) is 52.2 Å². The Labute approximate surface area is 525 Å². The number of alkyl halides is 3. The molecule has 11 rings (SSSR count). The van der Waals surface area contributed by atoms with E-state index in [9.17, 15) is 32.5 Å². The molecule has 9 aromatic rings. The number of aryl methyl sites for hydroxylation is 3. The molecular weight excluding hydrogens is 1220 g/mol. The number of phenolic OH excluding ortho intramolecular Hbond substituents is 1. The molecule has 0 bridgehead atoms. The molecule has 2 N–H and O–H groups in total. The van der Waals surface area contributed by atoms with Crippen LogP contribution in [0.2, 0.25) is 10.0 Å². The third-order valence-corrected chi connectivity index (χ3v) is 14.7. The zero-order chi connectivity index (χ0) is 64.0. The number of esters is 1. The van der Waals surface area contributed by atoms with Gasteiger partial charge < -0.3 is 33.1 Å². The van der Waals surface area contributed by atoms with Gasteiger partial charge >= 0.3 is 23.4 Å². The second kappa shape index (κ2) is 26.7. The molecule has 0 fully saturated rings. The molecule has 4 heterocycles. The quantitative estimate of drug-likeness (QED) is 0.0374. The number of aromatic hydroxyl groups is 1. The topological polar surface area (TPSA) is 230 Å². The minimum absolute atomic E-state index is 0.0125. The van der Waals surface area contributed by atoms with Crippen molar-refractivity contribution in [2.45, 2.75) is 26.9 Å². The monoisotopic (exact) mass is 1270 g/mol. The van der Waals surface area contributed by atoms with E-state index in [1.165, 1.54) is 28.9 Å². The predicted molar refractivity (Wildman–Crippen MR) is 336 cm³/mol. The van der Waals surface area contributed by atoms with Crippen molar-refractivity contribution in [1.29, 1.82) is 5.26 Å². The Morgan fingerprint density at radius 1 is 0.756 bits per heavy atom. The lowest BCUT2D eigenvalue weighted by molar-refractivity contribution is -0.128. The third-order valence-electron chi connectivity index (χ3n) is 13.4. The van der Waals surface area contributed by atoms with Crippen LogP contribution in [-0.4, -0.2) is 97.1 Å². The summed E-state index contributed by atoms with van der Waals surface area (Å²) in [5.74, 6) is 0.552. The Bertz CT molecular complexity index is 4480. The summed E-state index contributed by atoms with van der Waals surface area (Å²) >= 11 is 10.2. The number of aliphatic imine (C=N–C) groups is 2. The SMILES string of the molecule is Cc1cc(N(C)C)ccc1N=C1C(C(F)(F)F)=C(C#N)c2nc(-c3ccccc3)nn21.[C-]#[N+]C1=C(C(=O)Oc2cccc(NS(=O)Oc3cc(C)ccc3OCCOc3ccc(OC)cc3)c2)c2nc(-c3ccc(C)cc3)nn2C1=Nc1cc(Cl)c(O)c(Cl)c1. The highest BCUT2D eigenvalue weighted by Gasteiger charge is 2.47. The van der Waals surface area contributed by atoms with Crippen LogP contribution < -0.4 is 32.8 Å². The maximum Gasteiger partial charge on any atom is 0.421 e. The number of fused-ring (bicyclic) bond motifs is 2. The molecule has 2 aliphatic rings. The number of halogens is 5. The summed E-state index contributed by atoms with van der Waals surface area (Å²) in [5.41, 5.74) is 3.41. The molecule has 0 spiro atoms. The van der Waals surface area contributed by atoms with E-state index in [2.05, 4.69) is 39.7 Å². The van der Waals surface area contributed by atoms with Gasteiger partial charge in [-0.3, -0.25) is 4.72 Å². The van der Waals surface area contributed by atoms with E-state index in [1.807, 2.05) is 75.3 Å². The first kappa shape index (κ1) is 62.3. The number of carbonyl (C=O) groups is 1. The van der Waals surface area contributed by atoms with Crippen molar-refractivity contribution in [1.82, 2.24) is 29.5 Å². The fourth-order valence-corrected chi connectivity index (χ4v) is 10.1. The maximum absolute atomic E-state index is 14.0. The lowest BCUT2D eigenvalue weighted by atomic mass is 10.1. The average Bonchev–Trinajstić information content (AvgIpc) is 1.60. The van der Waals surface area contributed by atoms with E-state index in [0.29, 0.717) is 39.6 Å². The van der Waals surface area contributed by atoms with Crippen molar-refractivity contribution in [3.05, 3.63) is 213 Å². The number of nitriles is 1. The number of allylic oxidation sites excluding steroid dienone is 3. The number of rotatable bonds is 17. The van der Waals surface area contributed by atoms with Gasteiger partial charge in [0.05, 0.1) is 40.8 Å². The normalized spacial score (nSPS) is 13.6. The Hall–Kier alpha value is -10.8. The molecule has 20 nitrogen and oxygen atoms in total.